The molecule has 0 spiro atoms. The number of rotatable bonds is 9. The average molecular weight is 496 g/mol. The summed E-state index contributed by atoms with van der Waals surface area (Å²) >= 11 is 1.44. The molecule has 6 nitrogen and oxygen atoms in total. The molecule has 2 aliphatic rings. The van der Waals surface area contributed by atoms with E-state index in [0.29, 0.717) is 17.2 Å². The summed E-state index contributed by atoms with van der Waals surface area (Å²) in [7, 11) is 1.67. The van der Waals surface area contributed by atoms with Gasteiger partial charge in [-0.3, -0.25) is 9.59 Å². The van der Waals surface area contributed by atoms with Crippen LogP contribution in [-0.4, -0.2) is 50.4 Å². The highest BCUT2D eigenvalue weighted by Crippen LogP contribution is 2.26. The van der Waals surface area contributed by atoms with Crippen molar-refractivity contribution in [2.24, 2.45) is 5.92 Å². The lowest BCUT2D eigenvalue weighted by molar-refractivity contribution is -0.118. The van der Waals surface area contributed by atoms with Crippen molar-refractivity contribution in [3.8, 4) is 5.75 Å². The van der Waals surface area contributed by atoms with E-state index in [-0.39, 0.29) is 17.9 Å². The van der Waals surface area contributed by atoms with E-state index < -0.39 is 0 Å². The van der Waals surface area contributed by atoms with Crippen LogP contribution in [0.15, 0.2) is 53.4 Å². The summed E-state index contributed by atoms with van der Waals surface area (Å²) in [6, 6.07) is 15.9. The van der Waals surface area contributed by atoms with Crippen LogP contribution < -0.4 is 20.3 Å². The Kier molecular flexibility index (Phi) is 9.35. The van der Waals surface area contributed by atoms with Gasteiger partial charge in [-0.25, -0.2) is 0 Å². The van der Waals surface area contributed by atoms with Crippen molar-refractivity contribution in [3.05, 3.63) is 54.1 Å². The fourth-order valence-electron chi connectivity index (χ4n) is 4.96. The lowest BCUT2D eigenvalue weighted by Gasteiger charge is -2.34. The third-order valence-corrected chi connectivity index (χ3v) is 8.14. The van der Waals surface area contributed by atoms with Crippen LogP contribution in [0, 0.1) is 5.92 Å². The molecule has 2 amide bonds. The SMILES string of the molecule is COc1ccc(N2CCC(NC(=O)c3ccccc3SCC(=O)NCC3CCCCC3)CC2)cc1. The molecule has 0 unspecified atom stereocenters. The number of nitrogens with one attached hydrogen (secondary N) is 2. The Balaban J connectivity index is 1.24. The summed E-state index contributed by atoms with van der Waals surface area (Å²) in [5, 5.41) is 6.31. The maximum absolute atomic E-state index is 13.1. The summed E-state index contributed by atoms with van der Waals surface area (Å²) in [6.45, 7) is 2.57. The Morgan fingerprint density at radius 3 is 2.40 bits per heavy atom. The first kappa shape index (κ1) is 25.4. The molecule has 1 aliphatic heterocycles. The van der Waals surface area contributed by atoms with E-state index in [4.69, 9.17) is 4.74 Å². The van der Waals surface area contributed by atoms with Crippen LogP contribution in [0.4, 0.5) is 5.69 Å². The monoisotopic (exact) mass is 495 g/mol. The molecule has 35 heavy (non-hydrogen) atoms. The van der Waals surface area contributed by atoms with Gasteiger partial charge in [0.15, 0.2) is 0 Å². The zero-order chi connectivity index (χ0) is 24.5. The zero-order valence-electron chi connectivity index (χ0n) is 20.6. The first-order valence-electron chi connectivity index (χ1n) is 12.8. The van der Waals surface area contributed by atoms with E-state index >= 15 is 0 Å². The predicted molar refractivity (Wildman–Crippen MR) is 142 cm³/mol. The molecule has 2 aromatic carbocycles. The second-order valence-corrected chi connectivity index (χ2v) is 10.5. The minimum Gasteiger partial charge on any atom is -0.497 e. The molecular weight excluding hydrogens is 458 g/mol. The van der Waals surface area contributed by atoms with Crippen molar-refractivity contribution in [1.29, 1.82) is 0 Å². The quantitative estimate of drug-likeness (QED) is 0.485. The van der Waals surface area contributed by atoms with Gasteiger partial charge >= 0.3 is 0 Å². The number of carbonyl (C=O) groups excluding carboxylic acids is 2. The minimum atomic E-state index is -0.0568. The molecule has 1 saturated carbocycles. The van der Waals surface area contributed by atoms with Crippen LogP contribution in [-0.2, 0) is 4.79 Å². The Labute approximate surface area is 213 Å². The number of ether oxygens (including phenoxy) is 1. The molecule has 2 fully saturated rings. The van der Waals surface area contributed by atoms with Gasteiger partial charge in [-0.1, -0.05) is 31.4 Å². The number of piperidine rings is 1. The third kappa shape index (κ3) is 7.40. The highest BCUT2D eigenvalue weighted by Gasteiger charge is 2.23. The first-order chi connectivity index (χ1) is 17.1. The van der Waals surface area contributed by atoms with Crippen LogP contribution in [0.25, 0.3) is 0 Å². The molecule has 1 aliphatic carbocycles. The van der Waals surface area contributed by atoms with Crippen LogP contribution >= 0.6 is 11.8 Å². The predicted octanol–water partition coefficient (Wildman–Crippen LogP) is 4.88. The van der Waals surface area contributed by atoms with Crippen LogP contribution in [0.2, 0.25) is 0 Å². The summed E-state index contributed by atoms with van der Waals surface area (Å²) in [5.74, 6) is 1.79. The number of nitrogens with zero attached hydrogens (tertiary/aromatic N) is 1. The third-order valence-electron chi connectivity index (χ3n) is 7.07. The van der Waals surface area contributed by atoms with Crippen molar-refractivity contribution >= 4 is 29.3 Å². The van der Waals surface area contributed by atoms with E-state index in [0.717, 1.165) is 43.1 Å². The van der Waals surface area contributed by atoms with Crippen molar-refractivity contribution in [2.75, 3.05) is 37.4 Å². The molecule has 4 rings (SSSR count). The Bertz CT molecular complexity index is 968. The molecule has 0 bridgehead atoms. The van der Waals surface area contributed by atoms with Crippen molar-refractivity contribution < 1.29 is 14.3 Å². The van der Waals surface area contributed by atoms with Crippen molar-refractivity contribution in [3.63, 3.8) is 0 Å². The lowest BCUT2D eigenvalue weighted by atomic mass is 9.89. The molecule has 0 aromatic heterocycles. The second kappa shape index (κ2) is 12.9. The van der Waals surface area contributed by atoms with Crippen molar-refractivity contribution in [1.82, 2.24) is 10.6 Å². The van der Waals surface area contributed by atoms with Gasteiger partial charge in [0.1, 0.15) is 5.75 Å². The molecule has 7 heteroatoms. The van der Waals surface area contributed by atoms with E-state index in [1.807, 2.05) is 36.4 Å². The Hall–Kier alpha value is -2.67. The van der Waals surface area contributed by atoms with Crippen LogP contribution in [0.1, 0.15) is 55.3 Å². The minimum absolute atomic E-state index is 0.0432. The normalized spacial score (nSPS) is 17.1. The number of hydrogen-bond acceptors (Lipinski definition) is 5. The summed E-state index contributed by atoms with van der Waals surface area (Å²) in [6.07, 6.45) is 8.11. The zero-order valence-corrected chi connectivity index (χ0v) is 21.4. The maximum Gasteiger partial charge on any atom is 0.252 e. The van der Waals surface area contributed by atoms with E-state index in [2.05, 4.69) is 27.7 Å². The number of hydrogen-bond donors (Lipinski definition) is 2. The smallest absolute Gasteiger partial charge is 0.252 e. The highest BCUT2D eigenvalue weighted by atomic mass is 32.2. The fraction of sp³-hybridized carbons (Fsp3) is 0.500. The van der Waals surface area contributed by atoms with Gasteiger partial charge in [0.2, 0.25) is 5.91 Å². The molecule has 2 N–H and O–H groups in total. The number of benzene rings is 2. The van der Waals surface area contributed by atoms with Gasteiger partial charge in [0, 0.05) is 36.3 Å². The summed E-state index contributed by atoms with van der Waals surface area (Å²) < 4.78 is 5.25. The van der Waals surface area contributed by atoms with Gasteiger partial charge in [-0.05, 0) is 68.0 Å². The number of thioether (sulfide) groups is 1. The van der Waals surface area contributed by atoms with Crippen LogP contribution in [0.3, 0.4) is 0 Å². The molecule has 1 saturated heterocycles. The molecular formula is C28H37N3O3S. The highest BCUT2D eigenvalue weighted by molar-refractivity contribution is 8.00. The molecule has 2 aromatic rings. The standard InChI is InChI=1S/C28H37N3O3S/c1-34-24-13-11-23(12-14-24)31-17-15-22(16-18-31)30-28(33)25-9-5-6-10-26(25)35-20-27(32)29-19-21-7-3-2-4-8-21/h5-6,9-14,21-22H,2-4,7-8,15-20H2,1H3,(H,29,32)(H,30,33). The van der Waals surface area contributed by atoms with E-state index in [9.17, 15) is 9.59 Å². The molecule has 0 radical (unpaired) electrons. The van der Waals surface area contributed by atoms with Crippen molar-refractivity contribution in [2.45, 2.75) is 55.9 Å². The van der Waals surface area contributed by atoms with Gasteiger partial charge in [-0.2, -0.15) is 0 Å². The topological polar surface area (TPSA) is 70.7 Å². The van der Waals surface area contributed by atoms with Gasteiger partial charge in [-0.15, -0.1) is 11.8 Å². The fourth-order valence-corrected chi connectivity index (χ4v) is 5.84. The first-order valence-corrected chi connectivity index (χ1v) is 13.8. The second-order valence-electron chi connectivity index (χ2n) is 9.53. The number of methoxy groups -OCH3 is 1. The summed E-state index contributed by atoms with van der Waals surface area (Å²) in [5.41, 5.74) is 1.83. The summed E-state index contributed by atoms with van der Waals surface area (Å²) in [4.78, 5) is 28.7. The average Bonchev–Trinajstić information content (AvgIpc) is 2.92. The number of carbonyl (C=O) groups is 2. The van der Waals surface area contributed by atoms with E-state index in [1.165, 1.54) is 49.6 Å². The number of amides is 2. The van der Waals surface area contributed by atoms with Gasteiger partial charge < -0.3 is 20.3 Å². The molecule has 1 heterocycles. The van der Waals surface area contributed by atoms with E-state index in [1.54, 1.807) is 7.11 Å². The largest absolute Gasteiger partial charge is 0.497 e. The maximum atomic E-state index is 13.1. The van der Waals surface area contributed by atoms with Crippen LogP contribution in [0.5, 0.6) is 5.75 Å². The lowest BCUT2D eigenvalue weighted by Crippen LogP contribution is -2.44. The molecule has 188 valence electrons. The molecule has 0 atom stereocenters. The Morgan fingerprint density at radius 1 is 0.971 bits per heavy atom. The number of anilines is 1. The van der Waals surface area contributed by atoms with Gasteiger partial charge in [0.05, 0.1) is 18.4 Å². The van der Waals surface area contributed by atoms with Gasteiger partial charge in [0.25, 0.3) is 5.91 Å². The Morgan fingerprint density at radius 2 is 1.69 bits per heavy atom.